The number of anilines is 1. The summed E-state index contributed by atoms with van der Waals surface area (Å²) in [5, 5.41) is 6.12. The molecule has 2 aromatic rings. The molecule has 0 aromatic heterocycles. The third kappa shape index (κ3) is 3.38. The van der Waals surface area contributed by atoms with Gasteiger partial charge in [-0.05, 0) is 35.4 Å². The first-order valence-electron chi connectivity index (χ1n) is 8.68. The van der Waals surface area contributed by atoms with Gasteiger partial charge in [0.15, 0.2) is 0 Å². The van der Waals surface area contributed by atoms with Crippen molar-refractivity contribution in [2.75, 3.05) is 18.4 Å². The van der Waals surface area contributed by atoms with Gasteiger partial charge in [0.05, 0.1) is 6.61 Å². The molecule has 130 valence electrons. The highest BCUT2D eigenvalue weighted by Crippen LogP contribution is 2.38. The normalized spacial score (nSPS) is 18.3. The van der Waals surface area contributed by atoms with Crippen LogP contribution in [0, 0.1) is 0 Å². The van der Waals surface area contributed by atoms with E-state index >= 15 is 0 Å². The van der Waals surface area contributed by atoms with Crippen molar-refractivity contribution in [2.24, 2.45) is 0 Å². The van der Waals surface area contributed by atoms with E-state index in [4.69, 9.17) is 9.47 Å². The topological polar surface area (TPSA) is 59.6 Å². The fraction of sp³-hybridized carbons (Fsp3) is 0.350. The van der Waals surface area contributed by atoms with E-state index in [1.165, 1.54) is 6.92 Å². The SMILES string of the molecule is CC(=O)Nc1ccc(-c2ccc3c(c2)COC2(CCNCC2)O3)cc1. The zero-order valence-electron chi connectivity index (χ0n) is 14.3. The molecular weight excluding hydrogens is 316 g/mol. The summed E-state index contributed by atoms with van der Waals surface area (Å²) >= 11 is 0. The van der Waals surface area contributed by atoms with Gasteiger partial charge < -0.3 is 20.1 Å². The summed E-state index contributed by atoms with van der Waals surface area (Å²) < 4.78 is 12.3. The van der Waals surface area contributed by atoms with E-state index in [0.717, 1.165) is 54.1 Å². The van der Waals surface area contributed by atoms with Crippen molar-refractivity contribution in [3.05, 3.63) is 48.0 Å². The summed E-state index contributed by atoms with van der Waals surface area (Å²) in [5.41, 5.74) is 4.09. The van der Waals surface area contributed by atoms with Crippen molar-refractivity contribution in [1.82, 2.24) is 5.32 Å². The number of hydrogen-bond donors (Lipinski definition) is 2. The lowest BCUT2D eigenvalue weighted by Crippen LogP contribution is -2.49. The molecule has 0 radical (unpaired) electrons. The summed E-state index contributed by atoms with van der Waals surface area (Å²) in [5.74, 6) is 0.397. The highest BCUT2D eigenvalue weighted by Gasteiger charge is 2.38. The molecule has 1 amide bonds. The largest absolute Gasteiger partial charge is 0.462 e. The smallest absolute Gasteiger partial charge is 0.221 e. The molecule has 0 bridgehead atoms. The molecule has 1 spiro atoms. The Morgan fingerprint density at radius 3 is 2.52 bits per heavy atom. The van der Waals surface area contributed by atoms with E-state index in [2.05, 4.69) is 22.8 Å². The van der Waals surface area contributed by atoms with Crippen molar-refractivity contribution in [3.63, 3.8) is 0 Å². The summed E-state index contributed by atoms with van der Waals surface area (Å²) in [4.78, 5) is 11.1. The molecule has 0 atom stereocenters. The maximum absolute atomic E-state index is 11.1. The molecule has 0 aliphatic carbocycles. The van der Waals surface area contributed by atoms with Crippen LogP contribution in [-0.4, -0.2) is 24.8 Å². The summed E-state index contributed by atoms with van der Waals surface area (Å²) in [6.07, 6.45) is 1.75. The average molecular weight is 338 g/mol. The fourth-order valence-corrected chi connectivity index (χ4v) is 3.41. The van der Waals surface area contributed by atoms with Gasteiger partial charge in [-0.25, -0.2) is 0 Å². The Hall–Kier alpha value is -2.37. The number of rotatable bonds is 2. The maximum atomic E-state index is 11.1. The molecule has 2 heterocycles. The van der Waals surface area contributed by atoms with Gasteiger partial charge in [0.2, 0.25) is 11.7 Å². The Labute approximate surface area is 147 Å². The van der Waals surface area contributed by atoms with E-state index in [-0.39, 0.29) is 5.91 Å². The van der Waals surface area contributed by atoms with Crippen molar-refractivity contribution in [1.29, 1.82) is 0 Å². The quantitative estimate of drug-likeness (QED) is 0.882. The Morgan fingerprint density at radius 1 is 1.08 bits per heavy atom. The molecule has 0 saturated carbocycles. The highest BCUT2D eigenvalue weighted by molar-refractivity contribution is 5.89. The molecule has 4 rings (SSSR count). The lowest BCUT2D eigenvalue weighted by Gasteiger charge is -2.41. The van der Waals surface area contributed by atoms with Gasteiger partial charge in [-0.15, -0.1) is 0 Å². The van der Waals surface area contributed by atoms with Crippen LogP contribution in [0.2, 0.25) is 0 Å². The minimum absolute atomic E-state index is 0.0670. The number of benzene rings is 2. The Kier molecular flexibility index (Phi) is 4.19. The molecule has 2 aromatic carbocycles. The third-order valence-electron chi connectivity index (χ3n) is 4.75. The number of carbonyl (C=O) groups excluding carboxylic acids is 1. The van der Waals surface area contributed by atoms with Crippen LogP contribution < -0.4 is 15.4 Å². The minimum atomic E-state index is -0.459. The number of nitrogens with one attached hydrogen (secondary N) is 2. The fourth-order valence-electron chi connectivity index (χ4n) is 3.41. The van der Waals surface area contributed by atoms with Gasteiger partial charge in [0.25, 0.3) is 0 Å². The van der Waals surface area contributed by atoms with Gasteiger partial charge >= 0.3 is 0 Å². The Bertz CT molecular complexity index is 780. The first-order chi connectivity index (χ1) is 12.1. The van der Waals surface area contributed by atoms with Gasteiger partial charge in [0.1, 0.15) is 5.75 Å². The molecule has 0 unspecified atom stereocenters. The molecule has 2 N–H and O–H groups in total. The lowest BCUT2D eigenvalue weighted by atomic mass is 9.99. The van der Waals surface area contributed by atoms with Gasteiger partial charge in [0, 0.05) is 44.1 Å². The second-order valence-electron chi connectivity index (χ2n) is 6.63. The molecule has 5 heteroatoms. The number of hydrogen-bond acceptors (Lipinski definition) is 4. The Balaban J connectivity index is 1.55. The molecule has 25 heavy (non-hydrogen) atoms. The summed E-state index contributed by atoms with van der Waals surface area (Å²) in [6, 6.07) is 14.1. The molecule has 2 aliphatic heterocycles. The zero-order chi connectivity index (χ0) is 17.3. The van der Waals surface area contributed by atoms with E-state index in [1.54, 1.807) is 0 Å². The number of amides is 1. The summed E-state index contributed by atoms with van der Waals surface area (Å²) in [6.45, 7) is 3.93. The van der Waals surface area contributed by atoms with E-state index in [1.807, 2.05) is 30.3 Å². The van der Waals surface area contributed by atoms with E-state index in [0.29, 0.717) is 6.61 Å². The molecular formula is C20H22N2O3. The van der Waals surface area contributed by atoms with Gasteiger partial charge in [-0.2, -0.15) is 0 Å². The predicted octanol–water partition coefficient (Wildman–Crippen LogP) is 3.30. The first kappa shape index (κ1) is 16.1. The monoisotopic (exact) mass is 338 g/mol. The van der Waals surface area contributed by atoms with Crippen LogP contribution in [0.25, 0.3) is 11.1 Å². The average Bonchev–Trinajstić information content (AvgIpc) is 2.62. The molecule has 5 nitrogen and oxygen atoms in total. The van der Waals surface area contributed by atoms with Crippen LogP contribution in [0.4, 0.5) is 5.69 Å². The van der Waals surface area contributed by atoms with Gasteiger partial charge in [-0.1, -0.05) is 18.2 Å². The van der Waals surface area contributed by atoms with Crippen molar-refractivity contribution in [3.8, 4) is 16.9 Å². The standard InChI is InChI=1S/C20H22N2O3/c1-14(23)22-18-5-2-15(3-6-18)16-4-7-19-17(12-16)13-24-20(25-19)8-10-21-11-9-20/h2-7,12,21H,8-11,13H2,1H3,(H,22,23). The molecule has 1 fully saturated rings. The van der Waals surface area contributed by atoms with E-state index in [9.17, 15) is 4.79 Å². The third-order valence-corrected chi connectivity index (χ3v) is 4.75. The summed E-state index contributed by atoms with van der Waals surface area (Å²) in [7, 11) is 0. The first-order valence-corrected chi connectivity index (χ1v) is 8.68. The Morgan fingerprint density at radius 2 is 1.80 bits per heavy atom. The van der Waals surface area contributed by atoms with Crippen LogP contribution >= 0.6 is 0 Å². The van der Waals surface area contributed by atoms with Crippen LogP contribution in [0.5, 0.6) is 5.75 Å². The van der Waals surface area contributed by atoms with Crippen LogP contribution in [0.3, 0.4) is 0 Å². The number of fused-ring (bicyclic) bond motifs is 1. The molecule has 1 saturated heterocycles. The van der Waals surface area contributed by atoms with Crippen LogP contribution in [-0.2, 0) is 16.1 Å². The number of piperidine rings is 1. The minimum Gasteiger partial charge on any atom is -0.462 e. The lowest BCUT2D eigenvalue weighted by molar-refractivity contribution is -0.218. The molecule has 2 aliphatic rings. The second-order valence-corrected chi connectivity index (χ2v) is 6.63. The highest BCUT2D eigenvalue weighted by atomic mass is 16.7. The van der Waals surface area contributed by atoms with Crippen LogP contribution in [0.15, 0.2) is 42.5 Å². The number of ether oxygens (including phenoxy) is 2. The zero-order valence-corrected chi connectivity index (χ0v) is 14.3. The van der Waals surface area contributed by atoms with Gasteiger partial charge in [-0.3, -0.25) is 4.79 Å². The van der Waals surface area contributed by atoms with Crippen LogP contribution in [0.1, 0.15) is 25.3 Å². The van der Waals surface area contributed by atoms with Crippen molar-refractivity contribution in [2.45, 2.75) is 32.2 Å². The maximum Gasteiger partial charge on any atom is 0.221 e. The van der Waals surface area contributed by atoms with Crippen molar-refractivity contribution >= 4 is 11.6 Å². The van der Waals surface area contributed by atoms with E-state index < -0.39 is 5.79 Å². The van der Waals surface area contributed by atoms with Crippen molar-refractivity contribution < 1.29 is 14.3 Å². The predicted molar refractivity (Wildman–Crippen MR) is 96.4 cm³/mol. The number of carbonyl (C=O) groups is 1. The second kappa shape index (κ2) is 6.50.